The van der Waals surface area contributed by atoms with Crippen LogP contribution in [0.15, 0.2) is 42.9 Å². The van der Waals surface area contributed by atoms with E-state index in [0.717, 1.165) is 22.8 Å². The number of rotatable bonds is 7. The Balaban J connectivity index is 1.32. The minimum Gasteiger partial charge on any atom is -0.337 e. The SMILES string of the molecule is CC(=O)c1cn(CC(=O)N2C3C[C@]3(CF)C[C@H]2C(=O)Nc2nc(C(F)(F)F)ccc2C)c2c(C)cc(-c3cnc(C)nc3)cc12. The summed E-state index contributed by atoms with van der Waals surface area (Å²) in [4.78, 5) is 53.5. The fourth-order valence-corrected chi connectivity index (χ4v) is 6.41. The number of amides is 2. The van der Waals surface area contributed by atoms with E-state index in [1.807, 2.05) is 19.1 Å². The lowest BCUT2D eigenvalue weighted by Crippen LogP contribution is -2.46. The van der Waals surface area contributed by atoms with E-state index in [-0.39, 0.29) is 24.6 Å². The normalized spacial score (nSPS) is 20.8. The molecule has 1 aliphatic heterocycles. The number of fused-ring (bicyclic) bond motifs is 2. The molecule has 9 nitrogen and oxygen atoms in total. The number of anilines is 1. The van der Waals surface area contributed by atoms with Gasteiger partial charge in [0.1, 0.15) is 29.9 Å². The second kappa shape index (κ2) is 10.7. The maximum atomic E-state index is 14.2. The highest BCUT2D eigenvalue weighted by Crippen LogP contribution is 2.60. The molecule has 1 aromatic carbocycles. The molecule has 4 heterocycles. The van der Waals surface area contributed by atoms with Gasteiger partial charge in [-0.25, -0.2) is 15.0 Å². The fraction of sp³-hybridized carbons (Fsp3) is 0.375. The van der Waals surface area contributed by atoms with E-state index in [1.165, 1.54) is 24.8 Å². The lowest BCUT2D eigenvalue weighted by molar-refractivity contribution is -0.141. The van der Waals surface area contributed by atoms with Gasteiger partial charge < -0.3 is 14.8 Å². The van der Waals surface area contributed by atoms with E-state index in [4.69, 9.17) is 0 Å². The van der Waals surface area contributed by atoms with Crippen LogP contribution in [-0.2, 0) is 22.3 Å². The zero-order valence-electron chi connectivity index (χ0n) is 25.0. The van der Waals surface area contributed by atoms with E-state index in [9.17, 15) is 31.9 Å². The first-order valence-electron chi connectivity index (χ1n) is 14.4. The lowest BCUT2D eigenvalue weighted by atomic mass is 10.0. The average Bonchev–Trinajstić information content (AvgIpc) is 3.40. The number of aryl methyl sites for hydroxylation is 3. The summed E-state index contributed by atoms with van der Waals surface area (Å²) in [6.07, 6.45) is 0.691. The Bertz CT molecular complexity index is 1870. The number of carbonyl (C=O) groups excluding carboxylic acids is 3. The number of Topliss-reactive ketones (excluding diaryl/α,β-unsaturated/α-hetero) is 1. The van der Waals surface area contributed by atoms with Crippen molar-refractivity contribution < 1.29 is 31.9 Å². The summed E-state index contributed by atoms with van der Waals surface area (Å²) in [6, 6.07) is 4.15. The molecule has 1 unspecified atom stereocenters. The number of piperidine rings is 1. The first-order valence-corrected chi connectivity index (χ1v) is 14.4. The smallest absolute Gasteiger partial charge is 0.337 e. The van der Waals surface area contributed by atoms with Gasteiger partial charge in [0, 0.05) is 46.6 Å². The first kappa shape index (κ1) is 30.4. The van der Waals surface area contributed by atoms with Gasteiger partial charge >= 0.3 is 6.18 Å². The molecule has 2 aliphatic rings. The number of hydrogen-bond donors (Lipinski definition) is 1. The van der Waals surface area contributed by atoms with Crippen molar-refractivity contribution in [3.05, 3.63) is 71.1 Å². The Morgan fingerprint density at radius 2 is 1.73 bits per heavy atom. The quantitative estimate of drug-likeness (QED) is 0.212. The van der Waals surface area contributed by atoms with Gasteiger partial charge in [0.25, 0.3) is 0 Å². The third-order valence-corrected chi connectivity index (χ3v) is 8.87. The maximum Gasteiger partial charge on any atom is 0.433 e. The molecule has 4 aromatic rings. The minimum atomic E-state index is -4.71. The Kier molecular flexibility index (Phi) is 7.24. The van der Waals surface area contributed by atoms with Crippen LogP contribution in [-0.4, -0.2) is 60.8 Å². The van der Waals surface area contributed by atoms with E-state index >= 15 is 0 Å². The molecule has 1 N–H and O–H groups in total. The number of hydrogen-bond acceptors (Lipinski definition) is 6. The maximum absolute atomic E-state index is 14.2. The Labute approximate surface area is 255 Å². The largest absolute Gasteiger partial charge is 0.433 e. The molecule has 3 atom stereocenters. The van der Waals surface area contributed by atoms with Crippen LogP contribution in [0.3, 0.4) is 0 Å². The third-order valence-electron chi connectivity index (χ3n) is 8.87. The Hall–Kier alpha value is -4.68. The number of likely N-dealkylation sites (tertiary alicyclic amines) is 1. The number of nitrogens with zero attached hydrogens (tertiary/aromatic N) is 5. The first-order chi connectivity index (χ1) is 21.2. The summed E-state index contributed by atoms with van der Waals surface area (Å²) in [5.41, 5.74) is 1.67. The predicted molar refractivity (Wildman–Crippen MR) is 157 cm³/mol. The minimum absolute atomic E-state index is 0.0376. The number of pyridine rings is 1. The van der Waals surface area contributed by atoms with Gasteiger partial charge in [0.05, 0.1) is 12.2 Å². The van der Waals surface area contributed by atoms with Crippen LogP contribution in [0.5, 0.6) is 0 Å². The van der Waals surface area contributed by atoms with Gasteiger partial charge in [-0.15, -0.1) is 0 Å². The summed E-state index contributed by atoms with van der Waals surface area (Å²) in [5, 5.41) is 3.09. The molecule has 2 amide bonds. The summed E-state index contributed by atoms with van der Waals surface area (Å²) in [6.45, 7) is 5.60. The van der Waals surface area contributed by atoms with Crippen molar-refractivity contribution in [3.8, 4) is 11.1 Å². The van der Waals surface area contributed by atoms with Crippen LogP contribution in [0.4, 0.5) is 23.4 Å². The second-order valence-corrected chi connectivity index (χ2v) is 12.0. The number of benzene rings is 1. The molecule has 3 aromatic heterocycles. The second-order valence-electron chi connectivity index (χ2n) is 12.0. The zero-order valence-corrected chi connectivity index (χ0v) is 25.0. The molecule has 1 saturated heterocycles. The van der Waals surface area contributed by atoms with Crippen molar-refractivity contribution in [2.75, 3.05) is 12.0 Å². The van der Waals surface area contributed by atoms with E-state index in [1.54, 1.807) is 30.1 Å². The summed E-state index contributed by atoms with van der Waals surface area (Å²) >= 11 is 0. The number of ketones is 1. The van der Waals surface area contributed by atoms with Crippen molar-refractivity contribution in [1.82, 2.24) is 24.4 Å². The van der Waals surface area contributed by atoms with Crippen LogP contribution >= 0.6 is 0 Å². The molecule has 13 heteroatoms. The van der Waals surface area contributed by atoms with Crippen LogP contribution in [0, 0.1) is 26.2 Å². The molecule has 45 heavy (non-hydrogen) atoms. The van der Waals surface area contributed by atoms with Crippen LogP contribution in [0.25, 0.3) is 22.0 Å². The molecule has 234 valence electrons. The van der Waals surface area contributed by atoms with E-state index in [0.29, 0.717) is 34.3 Å². The number of carbonyl (C=O) groups is 3. The van der Waals surface area contributed by atoms with Gasteiger partial charge in [0.15, 0.2) is 5.78 Å². The summed E-state index contributed by atoms with van der Waals surface area (Å²) in [5.74, 6) is -1.06. The summed E-state index contributed by atoms with van der Waals surface area (Å²) < 4.78 is 55.7. The lowest BCUT2D eigenvalue weighted by Gasteiger charge is -2.27. The standard InChI is InChI=1S/C32H30F4N6O3/c1-16-5-6-25(32(34,35)36)39-29(16)40-30(45)24-9-31(15-33)10-26(31)42(24)27(44)14-41-13-23(18(3)43)22-8-20(7-17(2)28(22)41)21-11-37-19(4)38-12-21/h5-8,11-13,24,26H,9-10,14-15H2,1-4H3,(H,39,40,45)/t24-,26?,31-/m0/s1. The van der Waals surface area contributed by atoms with Crippen molar-refractivity contribution in [2.24, 2.45) is 5.41 Å². The Morgan fingerprint density at radius 3 is 2.38 bits per heavy atom. The van der Waals surface area contributed by atoms with Crippen LogP contribution in [0.1, 0.15) is 52.8 Å². The molecular formula is C32H30F4N6O3. The Morgan fingerprint density at radius 1 is 1.02 bits per heavy atom. The average molecular weight is 623 g/mol. The molecule has 0 spiro atoms. The zero-order chi connectivity index (χ0) is 32.4. The van der Waals surface area contributed by atoms with E-state index < -0.39 is 47.9 Å². The topological polar surface area (TPSA) is 110 Å². The number of halogens is 4. The highest BCUT2D eigenvalue weighted by Gasteiger charge is 2.67. The van der Waals surface area contributed by atoms with Crippen molar-refractivity contribution in [3.63, 3.8) is 0 Å². The number of nitrogens with one attached hydrogen (secondary N) is 1. The molecule has 2 fully saturated rings. The number of alkyl halides is 4. The van der Waals surface area contributed by atoms with Crippen molar-refractivity contribution in [1.29, 1.82) is 0 Å². The van der Waals surface area contributed by atoms with E-state index in [2.05, 4.69) is 20.3 Å². The number of aromatic nitrogens is 4. The van der Waals surface area contributed by atoms with Crippen LogP contribution < -0.4 is 5.32 Å². The monoisotopic (exact) mass is 622 g/mol. The third kappa shape index (κ3) is 5.33. The molecule has 0 radical (unpaired) electrons. The predicted octanol–water partition coefficient (Wildman–Crippen LogP) is 5.61. The molecule has 0 bridgehead atoms. The molecule has 1 saturated carbocycles. The highest BCUT2D eigenvalue weighted by molar-refractivity contribution is 6.09. The van der Waals surface area contributed by atoms with Gasteiger partial charge in [-0.2, -0.15) is 13.2 Å². The van der Waals surface area contributed by atoms with Crippen LogP contribution in [0.2, 0.25) is 0 Å². The molecule has 1 aliphatic carbocycles. The summed E-state index contributed by atoms with van der Waals surface area (Å²) in [7, 11) is 0. The highest BCUT2D eigenvalue weighted by atomic mass is 19.4. The van der Waals surface area contributed by atoms with Crippen molar-refractivity contribution >= 4 is 34.3 Å². The van der Waals surface area contributed by atoms with Gasteiger partial charge in [-0.1, -0.05) is 6.07 Å². The fourth-order valence-electron chi connectivity index (χ4n) is 6.41. The van der Waals surface area contributed by atoms with Gasteiger partial charge in [-0.05, 0) is 75.4 Å². The van der Waals surface area contributed by atoms with Gasteiger partial charge in [0.2, 0.25) is 11.8 Å². The molecule has 6 rings (SSSR count). The molecular weight excluding hydrogens is 592 g/mol. The van der Waals surface area contributed by atoms with Gasteiger partial charge in [-0.3, -0.25) is 18.8 Å². The van der Waals surface area contributed by atoms with Crippen molar-refractivity contribution in [2.45, 2.75) is 65.3 Å².